The van der Waals surface area contributed by atoms with Crippen molar-refractivity contribution in [2.45, 2.75) is 31.3 Å². The Morgan fingerprint density at radius 1 is 1.05 bits per heavy atom. The van der Waals surface area contributed by atoms with Gasteiger partial charge in [-0.1, -0.05) is 42.5 Å². The van der Waals surface area contributed by atoms with Gasteiger partial charge in [0.1, 0.15) is 0 Å². The molecule has 0 bridgehead atoms. The molecular formula is C18H19NO2. The third-order valence-electron chi connectivity index (χ3n) is 4.37. The van der Waals surface area contributed by atoms with Gasteiger partial charge in [-0.25, -0.2) is 4.79 Å². The van der Waals surface area contributed by atoms with Crippen molar-refractivity contribution in [2.24, 2.45) is 0 Å². The van der Waals surface area contributed by atoms with Gasteiger partial charge < -0.3 is 10.4 Å². The highest BCUT2D eigenvalue weighted by atomic mass is 16.4. The van der Waals surface area contributed by atoms with E-state index in [0.717, 1.165) is 24.9 Å². The molecule has 0 aromatic heterocycles. The highest BCUT2D eigenvalue weighted by Crippen LogP contribution is 2.41. The number of hydrogen-bond donors (Lipinski definition) is 2. The first-order valence-electron chi connectivity index (χ1n) is 7.32. The highest BCUT2D eigenvalue weighted by molar-refractivity contribution is 5.87. The minimum atomic E-state index is -0.880. The molecular weight excluding hydrogens is 262 g/mol. The minimum Gasteiger partial charge on any atom is -0.478 e. The fourth-order valence-electron chi connectivity index (χ4n) is 2.89. The van der Waals surface area contributed by atoms with Crippen molar-refractivity contribution in [3.8, 4) is 0 Å². The topological polar surface area (TPSA) is 49.3 Å². The van der Waals surface area contributed by atoms with E-state index in [2.05, 4.69) is 29.6 Å². The van der Waals surface area contributed by atoms with Gasteiger partial charge in [0.05, 0.1) is 5.56 Å². The summed E-state index contributed by atoms with van der Waals surface area (Å²) in [6.45, 7) is 0.759. The molecule has 108 valence electrons. The average Bonchev–Trinajstić information content (AvgIpc) is 2.48. The maximum atomic E-state index is 10.9. The fraction of sp³-hybridized carbons (Fsp3) is 0.278. The number of nitrogens with one attached hydrogen (secondary N) is 1. The molecule has 21 heavy (non-hydrogen) atoms. The van der Waals surface area contributed by atoms with Gasteiger partial charge in [0.25, 0.3) is 0 Å². The van der Waals surface area contributed by atoms with E-state index in [-0.39, 0.29) is 5.54 Å². The van der Waals surface area contributed by atoms with Crippen molar-refractivity contribution in [1.29, 1.82) is 0 Å². The molecule has 0 atom stereocenters. The number of carboxylic acids is 1. The normalized spacial score (nSPS) is 16.2. The van der Waals surface area contributed by atoms with E-state index in [1.54, 1.807) is 12.1 Å². The first kappa shape index (κ1) is 13.8. The van der Waals surface area contributed by atoms with Crippen LogP contribution >= 0.6 is 0 Å². The fourth-order valence-corrected chi connectivity index (χ4v) is 2.89. The zero-order valence-electron chi connectivity index (χ0n) is 11.9. The molecule has 3 heteroatoms. The third kappa shape index (κ3) is 2.83. The highest BCUT2D eigenvalue weighted by Gasteiger charge is 2.37. The van der Waals surface area contributed by atoms with Gasteiger partial charge in [-0.2, -0.15) is 0 Å². The second-order valence-electron chi connectivity index (χ2n) is 5.66. The van der Waals surface area contributed by atoms with E-state index >= 15 is 0 Å². The van der Waals surface area contributed by atoms with Crippen LogP contribution in [0.2, 0.25) is 0 Å². The molecule has 3 nitrogen and oxygen atoms in total. The molecule has 0 unspecified atom stereocenters. The van der Waals surface area contributed by atoms with Crippen LogP contribution in [0.4, 0.5) is 0 Å². The Bertz CT molecular complexity index is 615. The van der Waals surface area contributed by atoms with Crippen LogP contribution in [0.1, 0.15) is 40.7 Å². The molecule has 2 N–H and O–H groups in total. The Hall–Kier alpha value is -2.13. The number of carboxylic acid groups (broad SMARTS) is 1. The maximum Gasteiger partial charge on any atom is 0.335 e. The summed E-state index contributed by atoms with van der Waals surface area (Å²) in [5.41, 5.74) is 2.88. The van der Waals surface area contributed by atoms with Crippen molar-refractivity contribution < 1.29 is 9.90 Å². The Morgan fingerprint density at radius 2 is 1.71 bits per heavy atom. The molecule has 0 spiro atoms. The van der Waals surface area contributed by atoms with Gasteiger partial charge in [-0.15, -0.1) is 0 Å². The van der Waals surface area contributed by atoms with Gasteiger partial charge in [0.2, 0.25) is 0 Å². The molecule has 2 aromatic rings. The van der Waals surface area contributed by atoms with Gasteiger partial charge in [-0.05, 0) is 42.5 Å². The lowest BCUT2D eigenvalue weighted by Gasteiger charge is -2.43. The summed E-state index contributed by atoms with van der Waals surface area (Å²) in [6.07, 6.45) is 3.56. The smallest absolute Gasteiger partial charge is 0.335 e. The molecule has 0 aliphatic heterocycles. The number of rotatable bonds is 5. The lowest BCUT2D eigenvalue weighted by atomic mass is 9.71. The van der Waals surface area contributed by atoms with E-state index in [1.165, 1.54) is 12.0 Å². The Kier molecular flexibility index (Phi) is 3.76. The van der Waals surface area contributed by atoms with Crippen molar-refractivity contribution in [1.82, 2.24) is 5.32 Å². The number of benzene rings is 2. The van der Waals surface area contributed by atoms with Gasteiger partial charge in [0.15, 0.2) is 0 Å². The molecule has 1 fully saturated rings. The van der Waals surface area contributed by atoms with Crippen LogP contribution in [0.3, 0.4) is 0 Å². The predicted molar refractivity (Wildman–Crippen MR) is 82.2 cm³/mol. The zero-order chi connectivity index (χ0) is 14.7. The van der Waals surface area contributed by atoms with E-state index in [9.17, 15) is 4.79 Å². The van der Waals surface area contributed by atoms with Crippen molar-refractivity contribution in [2.75, 3.05) is 0 Å². The molecule has 0 radical (unpaired) electrons. The summed E-state index contributed by atoms with van der Waals surface area (Å²) < 4.78 is 0. The number of aromatic carboxylic acids is 1. The maximum absolute atomic E-state index is 10.9. The standard InChI is InChI=1S/C18H19NO2/c20-17(21)15-9-7-14(8-10-15)13-19-18(11-4-12-18)16-5-2-1-3-6-16/h1-3,5-10,19H,4,11-13H2,(H,20,21). The van der Waals surface area contributed by atoms with Crippen LogP contribution in [0, 0.1) is 0 Å². The third-order valence-corrected chi connectivity index (χ3v) is 4.37. The monoisotopic (exact) mass is 281 g/mol. The molecule has 0 saturated heterocycles. The summed E-state index contributed by atoms with van der Waals surface area (Å²) in [6, 6.07) is 17.7. The van der Waals surface area contributed by atoms with E-state index < -0.39 is 5.97 Å². The van der Waals surface area contributed by atoms with Crippen molar-refractivity contribution in [3.63, 3.8) is 0 Å². The molecule has 0 heterocycles. The minimum absolute atomic E-state index is 0.0900. The zero-order valence-corrected chi connectivity index (χ0v) is 11.9. The van der Waals surface area contributed by atoms with Crippen LogP contribution in [-0.2, 0) is 12.1 Å². The Morgan fingerprint density at radius 3 is 2.24 bits per heavy atom. The molecule has 3 rings (SSSR count). The number of hydrogen-bond acceptors (Lipinski definition) is 2. The van der Waals surface area contributed by atoms with Gasteiger partial charge in [0, 0.05) is 12.1 Å². The van der Waals surface area contributed by atoms with Crippen molar-refractivity contribution in [3.05, 3.63) is 71.3 Å². The summed E-state index contributed by atoms with van der Waals surface area (Å²) in [5, 5.41) is 12.6. The Labute approximate surface area is 124 Å². The van der Waals surface area contributed by atoms with Gasteiger partial charge >= 0.3 is 5.97 Å². The summed E-state index contributed by atoms with van der Waals surface area (Å²) in [7, 11) is 0. The lowest BCUT2D eigenvalue weighted by Crippen LogP contribution is -2.47. The van der Waals surface area contributed by atoms with Crippen LogP contribution in [0.25, 0.3) is 0 Å². The average molecular weight is 281 g/mol. The van der Waals surface area contributed by atoms with Gasteiger partial charge in [-0.3, -0.25) is 0 Å². The largest absolute Gasteiger partial charge is 0.478 e. The lowest BCUT2D eigenvalue weighted by molar-refractivity contribution is 0.0697. The molecule has 1 aliphatic rings. The summed E-state index contributed by atoms with van der Waals surface area (Å²) in [4.78, 5) is 10.9. The van der Waals surface area contributed by atoms with E-state index in [0.29, 0.717) is 5.56 Å². The second kappa shape index (κ2) is 5.70. The van der Waals surface area contributed by atoms with E-state index in [1.807, 2.05) is 18.2 Å². The SMILES string of the molecule is O=C(O)c1ccc(CNC2(c3ccccc3)CCC2)cc1. The van der Waals surface area contributed by atoms with Crippen LogP contribution in [0.15, 0.2) is 54.6 Å². The van der Waals surface area contributed by atoms with Crippen molar-refractivity contribution >= 4 is 5.97 Å². The second-order valence-corrected chi connectivity index (χ2v) is 5.66. The molecule has 1 aliphatic carbocycles. The summed E-state index contributed by atoms with van der Waals surface area (Å²) in [5.74, 6) is -0.880. The molecule has 1 saturated carbocycles. The number of carbonyl (C=O) groups is 1. The molecule has 0 amide bonds. The quantitative estimate of drug-likeness (QED) is 0.881. The van der Waals surface area contributed by atoms with Crippen LogP contribution in [0.5, 0.6) is 0 Å². The molecule has 2 aromatic carbocycles. The first-order chi connectivity index (χ1) is 10.2. The summed E-state index contributed by atoms with van der Waals surface area (Å²) >= 11 is 0. The predicted octanol–water partition coefficient (Wildman–Crippen LogP) is 3.55. The van der Waals surface area contributed by atoms with E-state index in [4.69, 9.17) is 5.11 Å². The van der Waals surface area contributed by atoms with Crippen LogP contribution < -0.4 is 5.32 Å². The first-order valence-corrected chi connectivity index (χ1v) is 7.32. The Balaban J connectivity index is 1.70. The van der Waals surface area contributed by atoms with Crippen LogP contribution in [-0.4, -0.2) is 11.1 Å².